The normalized spacial score (nSPS) is 23.6. The van der Waals surface area contributed by atoms with Gasteiger partial charge in [0.05, 0.1) is 34.0 Å². The van der Waals surface area contributed by atoms with Crippen molar-refractivity contribution >= 4 is 43.6 Å². The van der Waals surface area contributed by atoms with Gasteiger partial charge >= 0.3 is 0 Å². The molecule has 11 rings (SSSR count). The van der Waals surface area contributed by atoms with Gasteiger partial charge in [0.25, 0.3) is 0 Å². The van der Waals surface area contributed by atoms with Crippen LogP contribution in [-0.2, 0) is 16.2 Å². The first-order valence-corrected chi connectivity index (χ1v) is 19.0. The predicted octanol–water partition coefficient (Wildman–Crippen LogP) is 12.3. The van der Waals surface area contributed by atoms with Gasteiger partial charge in [-0.15, -0.1) is 0 Å². The van der Waals surface area contributed by atoms with Crippen molar-refractivity contribution in [3.05, 3.63) is 114 Å². The number of aromatic nitrogens is 3. The Balaban J connectivity index is 1.11. The zero-order chi connectivity index (χ0) is 34.2. The van der Waals surface area contributed by atoms with Crippen LogP contribution in [0.3, 0.4) is 0 Å². The Morgan fingerprint density at radius 2 is 1.06 bits per heavy atom. The standard InChI is InChI=1S/C47H49N3/c1-45(2,3)32-11-15-41-38(22-32)39-23-33(46(4,5)6)12-16-42(39)49(41)35-14-18-44(48-28-35)50-40-10-8-7-9-36(40)37-24-34(13-17-43(37)50)47-25-29-19-30(26-47)21-31(20-29)27-47/h7-18,22-24,28-31H,19-21,25-27H2,1-6H3. The topological polar surface area (TPSA) is 22.8 Å². The van der Waals surface area contributed by atoms with Gasteiger partial charge in [0.1, 0.15) is 5.82 Å². The Hall–Kier alpha value is -4.37. The Kier molecular flexibility index (Phi) is 6.30. The molecule has 3 heteroatoms. The second kappa shape index (κ2) is 10.3. The second-order valence-electron chi connectivity index (χ2n) is 18.5. The molecule has 0 radical (unpaired) electrons. The van der Waals surface area contributed by atoms with Crippen LogP contribution in [0.5, 0.6) is 0 Å². The lowest BCUT2D eigenvalue weighted by Gasteiger charge is -2.57. The summed E-state index contributed by atoms with van der Waals surface area (Å²) in [5.74, 6) is 3.79. The lowest BCUT2D eigenvalue weighted by molar-refractivity contribution is -0.00512. The molecule has 4 aromatic carbocycles. The van der Waals surface area contributed by atoms with Crippen molar-refractivity contribution in [2.24, 2.45) is 17.8 Å². The molecule has 0 aliphatic heterocycles. The summed E-state index contributed by atoms with van der Waals surface area (Å²) in [7, 11) is 0. The van der Waals surface area contributed by atoms with Crippen molar-refractivity contribution in [1.29, 1.82) is 0 Å². The number of rotatable bonds is 3. The summed E-state index contributed by atoms with van der Waals surface area (Å²) < 4.78 is 4.79. The molecule has 4 saturated carbocycles. The van der Waals surface area contributed by atoms with Crippen LogP contribution in [0.25, 0.3) is 55.1 Å². The summed E-state index contributed by atoms with van der Waals surface area (Å²) in [4.78, 5) is 5.22. The summed E-state index contributed by atoms with van der Waals surface area (Å²) in [6.07, 6.45) is 10.7. The van der Waals surface area contributed by atoms with Crippen molar-refractivity contribution in [2.45, 2.75) is 96.3 Å². The third kappa shape index (κ3) is 4.51. The van der Waals surface area contributed by atoms with Gasteiger partial charge in [-0.3, -0.25) is 4.57 Å². The van der Waals surface area contributed by atoms with E-state index in [1.54, 1.807) is 5.56 Å². The molecule has 3 heterocycles. The highest BCUT2D eigenvalue weighted by Crippen LogP contribution is 2.61. The van der Waals surface area contributed by atoms with Crippen LogP contribution >= 0.6 is 0 Å². The lowest BCUT2D eigenvalue weighted by Crippen LogP contribution is -2.48. The summed E-state index contributed by atoms with van der Waals surface area (Å²) >= 11 is 0. The first-order valence-electron chi connectivity index (χ1n) is 19.0. The highest BCUT2D eigenvalue weighted by Gasteiger charge is 2.51. The molecule has 4 bridgehead atoms. The van der Waals surface area contributed by atoms with Crippen LogP contribution in [0.4, 0.5) is 0 Å². The average molecular weight is 656 g/mol. The van der Waals surface area contributed by atoms with Crippen LogP contribution in [-0.4, -0.2) is 14.1 Å². The molecule has 0 N–H and O–H groups in total. The van der Waals surface area contributed by atoms with E-state index in [0.717, 1.165) is 29.3 Å². The van der Waals surface area contributed by atoms with Crippen LogP contribution in [0, 0.1) is 17.8 Å². The van der Waals surface area contributed by atoms with Gasteiger partial charge in [-0.25, -0.2) is 4.98 Å². The van der Waals surface area contributed by atoms with Gasteiger partial charge in [0.2, 0.25) is 0 Å². The zero-order valence-electron chi connectivity index (χ0n) is 30.6. The molecular weight excluding hydrogens is 607 g/mol. The molecule has 0 unspecified atom stereocenters. The predicted molar refractivity (Wildman–Crippen MR) is 210 cm³/mol. The molecular formula is C47H49N3. The van der Waals surface area contributed by atoms with Gasteiger partial charge in [-0.2, -0.15) is 0 Å². The first-order chi connectivity index (χ1) is 23.9. The summed E-state index contributed by atoms with van der Waals surface area (Å²) in [6, 6.07) is 35.0. The SMILES string of the molecule is CC(C)(C)c1ccc2c(c1)c1cc(C(C)(C)C)ccc1n2-c1ccc(-n2c3ccccc3c3cc(C45CC6CC(CC(C6)C4)C5)ccc32)nc1. The fourth-order valence-corrected chi connectivity index (χ4v) is 10.9. The van der Waals surface area contributed by atoms with Gasteiger partial charge in [-0.1, -0.05) is 77.9 Å². The van der Waals surface area contributed by atoms with Gasteiger partial charge in [0, 0.05) is 21.5 Å². The number of nitrogens with zero attached hydrogens (tertiary/aromatic N) is 3. The van der Waals surface area contributed by atoms with Gasteiger partial charge in [0.15, 0.2) is 0 Å². The molecule has 50 heavy (non-hydrogen) atoms. The van der Waals surface area contributed by atoms with Crippen LogP contribution in [0.1, 0.15) is 96.8 Å². The number of hydrogen-bond acceptors (Lipinski definition) is 1. The third-order valence-corrected chi connectivity index (χ3v) is 13.0. The third-order valence-electron chi connectivity index (χ3n) is 13.0. The maximum Gasteiger partial charge on any atom is 0.137 e. The molecule has 0 saturated heterocycles. The number of hydrogen-bond donors (Lipinski definition) is 0. The van der Waals surface area contributed by atoms with E-state index < -0.39 is 0 Å². The number of fused-ring (bicyclic) bond motifs is 6. The van der Waals surface area contributed by atoms with Crippen molar-refractivity contribution in [2.75, 3.05) is 0 Å². The highest BCUT2D eigenvalue weighted by molar-refractivity contribution is 6.10. The maximum absolute atomic E-state index is 5.22. The van der Waals surface area contributed by atoms with Crippen molar-refractivity contribution in [3.63, 3.8) is 0 Å². The zero-order valence-corrected chi connectivity index (χ0v) is 30.6. The number of para-hydroxylation sites is 1. The Bertz CT molecular complexity index is 2370. The molecule has 3 aromatic heterocycles. The molecule has 0 spiro atoms. The van der Waals surface area contributed by atoms with E-state index in [1.165, 1.54) is 93.3 Å². The minimum atomic E-state index is 0.0752. The van der Waals surface area contributed by atoms with E-state index in [2.05, 4.69) is 148 Å². The molecule has 4 fully saturated rings. The number of pyridine rings is 1. The van der Waals surface area contributed by atoms with E-state index in [9.17, 15) is 0 Å². The van der Waals surface area contributed by atoms with E-state index in [0.29, 0.717) is 5.41 Å². The van der Waals surface area contributed by atoms with Crippen LogP contribution < -0.4 is 0 Å². The van der Waals surface area contributed by atoms with E-state index in [1.807, 2.05) is 0 Å². The van der Waals surface area contributed by atoms with E-state index >= 15 is 0 Å². The molecule has 4 aliphatic carbocycles. The quantitative estimate of drug-likeness (QED) is 0.186. The lowest BCUT2D eigenvalue weighted by atomic mass is 9.48. The van der Waals surface area contributed by atoms with E-state index in [-0.39, 0.29) is 10.8 Å². The Labute approximate surface area is 296 Å². The van der Waals surface area contributed by atoms with Crippen molar-refractivity contribution < 1.29 is 0 Å². The average Bonchev–Trinajstić information content (AvgIpc) is 3.59. The smallest absolute Gasteiger partial charge is 0.137 e. The van der Waals surface area contributed by atoms with Gasteiger partial charge in [-0.05, 0) is 144 Å². The van der Waals surface area contributed by atoms with Crippen LogP contribution in [0.15, 0.2) is 97.2 Å². The van der Waals surface area contributed by atoms with Gasteiger partial charge < -0.3 is 4.57 Å². The molecule has 4 aliphatic rings. The van der Waals surface area contributed by atoms with E-state index in [4.69, 9.17) is 4.98 Å². The van der Waals surface area contributed by atoms with Crippen molar-refractivity contribution in [3.8, 4) is 11.5 Å². The minimum absolute atomic E-state index is 0.0752. The monoisotopic (exact) mass is 655 g/mol. The minimum Gasteiger partial charge on any atom is -0.308 e. The molecule has 7 aromatic rings. The fraction of sp³-hybridized carbons (Fsp3) is 0.383. The highest BCUT2D eigenvalue weighted by atomic mass is 15.1. The van der Waals surface area contributed by atoms with Crippen molar-refractivity contribution in [1.82, 2.24) is 14.1 Å². The summed E-state index contributed by atoms with van der Waals surface area (Å²) in [5, 5.41) is 5.30. The Morgan fingerprint density at radius 3 is 1.62 bits per heavy atom. The first kappa shape index (κ1) is 30.5. The fourth-order valence-electron chi connectivity index (χ4n) is 10.9. The molecule has 252 valence electrons. The Morgan fingerprint density at radius 1 is 0.540 bits per heavy atom. The molecule has 0 amide bonds. The molecule has 0 atom stereocenters. The maximum atomic E-state index is 5.22. The van der Waals surface area contributed by atoms with Crippen LogP contribution in [0.2, 0.25) is 0 Å². The summed E-state index contributed by atoms with van der Waals surface area (Å²) in [5.41, 5.74) is 10.9. The summed E-state index contributed by atoms with van der Waals surface area (Å²) in [6.45, 7) is 13.8. The molecule has 3 nitrogen and oxygen atoms in total. The second-order valence-corrected chi connectivity index (χ2v) is 18.5. The largest absolute Gasteiger partial charge is 0.308 e. The number of benzene rings is 4.